The molecule has 0 aromatic heterocycles. The number of rotatable bonds is 4. The number of nitrogens with zero attached hydrogens (tertiary/aromatic N) is 1. The number of phenols is 1. The number of anilines is 1. The molecule has 4 rings (SSSR count). The van der Waals surface area contributed by atoms with Crippen LogP contribution in [0.15, 0.2) is 66.2 Å². The Bertz CT molecular complexity index is 1300. The van der Waals surface area contributed by atoms with Crippen LogP contribution in [0.3, 0.4) is 0 Å². The van der Waals surface area contributed by atoms with Crippen LogP contribution < -0.4 is 9.64 Å². The van der Waals surface area contributed by atoms with E-state index < -0.39 is 17.7 Å². The van der Waals surface area contributed by atoms with Crippen LogP contribution in [0.4, 0.5) is 5.69 Å². The Balaban J connectivity index is 1.97. The van der Waals surface area contributed by atoms with E-state index >= 15 is 0 Å². The van der Waals surface area contributed by atoms with Crippen molar-refractivity contribution >= 4 is 34.7 Å². The van der Waals surface area contributed by atoms with Gasteiger partial charge in [-0.05, 0) is 66.9 Å². The highest BCUT2D eigenvalue weighted by atomic mass is 35.5. The van der Waals surface area contributed by atoms with E-state index in [-0.39, 0.29) is 27.7 Å². The molecule has 1 unspecified atom stereocenters. The summed E-state index contributed by atoms with van der Waals surface area (Å²) in [4.78, 5) is 27.9. The molecule has 0 aliphatic carbocycles. The van der Waals surface area contributed by atoms with Crippen LogP contribution >= 0.6 is 11.6 Å². The summed E-state index contributed by atoms with van der Waals surface area (Å²) >= 11 is 6.23. The van der Waals surface area contributed by atoms with Crippen LogP contribution in [-0.2, 0) is 9.59 Å². The van der Waals surface area contributed by atoms with Gasteiger partial charge in [0.05, 0.1) is 23.7 Å². The second kappa shape index (κ2) is 8.64. The number of Topliss-reactive ketones (excluding diaryl/α,β-unsaturated/α-hetero) is 1. The van der Waals surface area contributed by atoms with Crippen LogP contribution in [-0.4, -0.2) is 29.0 Å². The molecular formula is C26H22ClNO5. The summed E-state index contributed by atoms with van der Waals surface area (Å²) < 4.78 is 5.16. The van der Waals surface area contributed by atoms with Crippen LogP contribution in [0.5, 0.6) is 11.5 Å². The Morgan fingerprint density at radius 2 is 1.70 bits per heavy atom. The smallest absolute Gasteiger partial charge is 0.300 e. The number of aryl methyl sites for hydroxylation is 2. The number of aliphatic hydroxyl groups is 1. The Kier molecular flexibility index (Phi) is 5.87. The first-order valence-corrected chi connectivity index (χ1v) is 10.6. The Morgan fingerprint density at radius 1 is 1.00 bits per heavy atom. The Morgan fingerprint density at radius 3 is 2.33 bits per heavy atom. The number of benzene rings is 3. The van der Waals surface area contributed by atoms with Crippen molar-refractivity contribution in [3.63, 3.8) is 0 Å². The van der Waals surface area contributed by atoms with Crippen LogP contribution in [0, 0.1) is 13.8 Å². The van der Waals surface area contributed by atoms with E-state index in [0.717, 1.165) is 11.1 Å². The van der Waals surface area contributed by atoms with Crippen LogP contribution in [0.25, 0.3) is 5.76 Å². The molecule has 1 atom stereocenters. The minimum Gasteiger partial charge on any atom is -0.508 e. The van der Waals surface area contributed by atoms with Crippen molar-refractivity contribution in [2.75, 3.05) is 12.0 Å². The standard InChI is InChI=1S/C26H22ClNO5/c1-14-4-5-15(2)20(12-14)28-23(16-6-9-18(29)10-7-16)22(25(31)26(28)32)24(30)17-8-11-21(33-3)19(27)13-17/h4-13,23,29-30H,1-3H3/b24-22-. The number of hydrogen-bond acceptors (Lipinski definition) is 5. The largest absolute Gasteiger partial charge is 0.508 e. The zero-order valence-corrected chi connectivity index (χ0v) is 19.1. The molecule has 6 nitrogen and oxygen atoms in total. The Hall–Kier alpha value is -3.77. The zero-order chi connectivity index (χ0) is 23.9. The van der Waals surface area contributed by atoms with Crippen molar-refractivity contribution in [2.45, 2.75) is 19.9 Å². The van der Waals surface area contributed by atoms with Gasteiger partial charge in [0, 0.05) is 11.3 Å². The maximum Gasteiger partial charge on any atom is 0.300 e. The van der Waals surface area contributed by atoms with Crippen LogP contribution in [0.1, 0.15) is 28.3 Å². The van der Waals surface area contributed by atoms with Gasteiger partial charge in [0.25, 0.3) is 11.7 Å². The SMILES string of the molecule is COc1ccc(/C(O)=C2/C(=O)C(=O)N(c3cc(C)ccc3C)C2c2ccc(O)cc2)cc1Cl. The highest BCUT2D eigenvalue weighted by Crippen LogP contribution is 2.44. The molecule has 1 fully saturated rings. The monoisotopic (exact) mass is 463 g/mol. The number of carbonyl (C=O) groups excluding carboxylic acids is 2. The first-order valence-electron chi connectivity index (χ1n) is 10.2. The van der Waals surface area contributed by atoms with E-state index in [2.05, 4.69) is 0 Å². The lowest BCUT2D eigenvalue weighted by Crippen LogP contribution is -2.30. The third-order valence-electron chi connectivity index (χ3n) is 5.70. The maximum atomic E-state index is 13.3. The average Bonchev–Trinajstić information content (AvgIpc) is 3.06. The van der Waals surface area contributed by atoms with E-state index in [0.29, 0.717) is 17.0 Å². The molecule has 0 saturated carbocycles. The van der Waals surface area contributed by atoms with Gasteiger partial charge >= 0.3 is 0 Å². The van der Waals surface area contributed by atoms with Crippen molar-refractivity contribution in [1.29, 1.82) is 0 Å². The molecule has 168 valence electrons. The minimum atomic E-state index is -0.896. The van der Waals surface area contributed by atoms with Crippen molar-refractivity contribution < 1.29 is 24.5 Å². The van der Waals surface area contributed by atoms with E-state index in [9.17, 15) is 19.8 Å². The van der Waals surface area contributed by atoms with Gasteiger partial charge in [-0.3, -0.25) is 14.5 Å². The molecule has 0 spiro atoms. The predicted molar refractivity (Wildman–Crippen MR) is 127 cm³/mol. The normalized spacial score (nSPS) is 17.5. The summed E-state index contributed by atoms with van der Waals surface area (Å²) in [6, 6.07) is 15.6. The van der Waals surface area contributed by atoms with E-state index in [4.69, 9.17) is 16.3 Å². The van der Waals surface area contributed by atoms with Gasteiger partial charge in [-0.25, -0.2) is 0 Å². The third kappa shape index (κ3) is 3.94. The van der Waals surface area contributed by atoms with E-state index in [1.165, 1.54) is 30.2 Å². The molecule has 1 heterocycles. The first kappa shape index (κ1) is 22.4. The Labute approximate surface area is 196 Å². The molecule has 2 N–H and O–H groups in total. The molecular weight excluding hydrogens is 442 g/mol. The number of halogens is 1. The van der Waals surface area contributed by atoms with Crippen LogP contribution in [0.2, 0.25) is 5.02 Å². The lowest BCUT2D eigenvalue weighted by molar-refractivity contribution is -0.132. The predicted octanol–water partition coefficient (Wildman–Crippen LogP) is 5.30. The molecule has 7 heteroatoms. The van der Waals surface area contributed by atoms with Gasteiger partial charge in [0.2, 0.25) is 0 Å². The summed E-state index contributed by atoms with van der Waals surface area (Å²) in [5, 5.41) is 21.2. The van der Waals surface area contributed by atoms with Gasteiger partial charge in [0.1, 0.15) is 17.3 Å². The second-order valence-electron chi connectivity index (χ2n) is 7.90. The summed E-state index contributed by atoms with van der Waals surface area (Å²) in [7, 11) is 1.47. The molecule has 1 amide bonds. The minimum absolute atomic E-state index is 0.0457. The average molecular weight is 464 g/mol. The lowest BCUT2D eigenvalue weighted by atomic mass is 9.94. The molecule has 1 aliphatic heterocycles. The number of ether oxygens (including phenoxy) is 1. The topological polar surface area (TPSA) is 87.1 Å². The molecule has 3 aromatic carbocycles. The fraction of sp³-hybridized carbons (Fsp3) is 0.154. The van der Waals surface area contributed by atoms with E-state index in [1.54, 1.807) is 24.3 Å². The van der Waals surface area contributed by atoms with Crippen molar-refractivity contribution in [1.82, 2.24) is 0 Å². The van der Waals surface area contributed by atoms with Gasteiger partial charge < -0.3 is 14.9 Å². The van der Waals surface area contributed by atoms with Crippen molar-refractivity contribution in [3.05, 3.63) is 93.5 Å². The second-order valence-corrected chi connectivity index (χ2v) is 8.31. The van der Waals surface area contributed by atoms with Gasteiger partial charge in [-0.2, -0.15) is 0 Å². The molecule has 0 radical (unpaired) electrons. The number of amides is 1. The fourth-order valence-electron chi connectivity index (χ4n) is 4.00. The molecule has 3 aromatic rings. The molecule has 1 aliphatic rings. The number of hydrogen-bond donors (Lipinski definition) is 2. The maximum absolute atomic E-state index is 13.3. The van der Waals surface area contributed by atoms with Gasteiger partial charge in [-0.1, -0.05) is 35.9 Å². The number of aliphatic hydroxyl groups excluding tert-OH is 1. The highest BCUT2D eigenvalue weighted by molar-refractivity contribution is 6.51. The van der Waals surface area contributed by atoms with Gasteiger partial charge in [-0.15, -0.1) is 0 Å². The quantitative estimate of drug-likeness (QED) is 0.311. The number of methoxy groups -OCH3 is 1. The summed E-state index contributed by atoms with van der Waals surface area (Å²) in [5.74, 6) is -1.44. The van der Waals surface area contributed by atoms with E-state index in [1.807, 2.05) is 32.0 Å². The molecule has 33 heavy (non-hydrogen) atoms. The van der Waals surface area contributed by atoms with Crippen molar-refractivity contribution in [2.24, 2.45) is 0 Å². The number of carbonyl (C=O) groups is 2. The molecule has 1 saturated heterocycles. The van der Waals surface area contributed by atoms with Gasteiger partial charge in [0.15, 0.2) is 0 Å². The number of aromatic hydroxyl groups is 1. The first-order chi connectivity index (χ1) is 15.7. The number of phenolic OH excluding ortho intramolecular Hbond substituents is 1. The summed E-state index contributed by atoms with van der Waals surface area (Å²) in [6.07, 6.45) is 0. The molecule has 0 bridgehead atoms. The summed E-state index contributed by atoms with van der Waals surface area (Å²) in [5.41, 5.74) is 3.08. The zero-order valence-electron chi connectivity index (χ0n) is 18.3. The summed E-state index contributed by atoms with van der Waals surface area (Å²) in [6.45, 7) is 3.75. The number of ketones is 1. The fourth-order valence-corrected chi connectivity index (χ4v) is 4.26. The van der Waals surface area contributed by atoms with Crippen molar-refractivity contribution in [3.8, 4) is 11.5 Å². The highest BCUT2D eigenvalue weighted by Gasteiger charge is 2.47. The lowest BCUT2D eigenvalue weighted by Gasteiger charge is -2.27. The third-order valence-corrected chi connectivity index (χ3v) is 6.00.